The van der Waals surface area contributed by atoms with E-state index in [2.05, 4.69) is 16.7 Å². The van der Waals surface area contributed by atoms with E-state index in [4.69, 9.17) is 0 Å². The lowest BCUT2D eigenvalue weighted by Crippen LogP contribution is -2.42. The number of nitrogens with zero attached hydrogens (tertiary/aromatic N) is 2. The van der Waals surface area contributed by atoms with E-state index in [0.717, 1.165) is 31.3 Å². The van der Waals surface area contributed by atoms with Crippen LogP contribution in [0.2, 0.25) is 0 Å². The van der Waals surface area contributed by atoms with Crippen molar-refractivity contribution in [2.45, 2.75) is 57.9 Å². The monoisotopic (exact) mass is 278 g/mol. The van der Waals surface area contributed by atoms with Gasteiger partial charge in [0.05, 0.1) is 0 Å². The summed E-state index contributed by atoms with van der Waals surface area (Å²) in [5, 5.41) is 0. The summed E-state index contributed by atoms with van der Waals surface area (Å²) in [6.07, 6.45) is 10.2. The van der Waals surface area contributed by atoms with Gasteiger partial charge in [0.2, 0.25) is 0 Å². The van der Waals surface area contributed by atoms with Crippen LogP contribution in [0.4, 0.5) is 0 Å². The maximum absolute atomic E-state index is 11.7. The quantitative estimate of drug-likeness (QED) is 0.738. The van der Waals surface area contributed by atoms with Crippen molar-refractivity contribution in [1.82, 2.24) is 9.80 Å². The highest BCUT2D eigenvalue weighted by atomic mass is 16.1. The van der Waals surface area contributed by atoms with E-state index in [9.17, 15) is 4.79 Å². The molecule has 3 aliphatic rings. The van der Waals surface area contributed by atoms with Gasteiger partial charge in [0.1, 0.15) is 6.29 Å². The third-order valence-corrected chi connectivity index (χ3v) is 5.82. The van der Waals surface area contributed by atoms with Gasteiger partial charge in [-0.1, -0.05) is 19.8 Å². The van der Waals surface area contributed by atoms with E-state index >= 15 is 0 Å². The smallest absolute Gasteiger partial charge is 0.127 e. The van der Waals surface area contributed by atoms with Crippen molar-refractivity contribution < 1.29 is 4.79 Å². The van der Waals surface area contributed by atoms with Crippen molar-refractivity contribution in [2.24, 2.45) is 11.3 Å². The lowest BCUT2D eigenvalue weighted by Gasteiger charge is -2.38. The van der Waals surface area contributed by atoms with Crippen molar-refractivity contribution in [3.05, 3.63) is 0 Å². The topological polar surface area (TPSA) is 23.6 Å². The third-order valence-electron chi connectivity index (χ3n) is 5.82. The van der Waals surface area contributed by atoms with Crippen LogP contribution in [0.3, 0.4) is 0 Å². The zero-order valence-corrected chi connectivity index (χ0v) is 13.0. The summed E-state index contributed by atoms with van der Waals surface area (Å²) in [7, 11) is 0. The molecule has 20 heavy (non-hydrogen) atoms. The zero-order chi connectivity index (χ0) is 14.0. The van der Waals surface area contributed by atoms with Crippen LogP contribution >= 0.6 is 0 Å². The summed E-state index contributed by atoms with van der Waals surface area (Å²) in [6.45, 7) is 8.33. The minimum Gasteiger partial charge on any atom is -0.303 e. The number of hydrogen-bond donors (Lipinski definition) is 0. The molecule has 0 radical (unpaired) electrons. The summed E-state index contributed by atoms with van der Waals surface area (Å²) < 4.78 is 0. The van der Waals surface area contributed by atoms with Crippen molar-refractivity contribution in [1.29, 1.82) is 0 Å². The number of aldehydes is 1. The van der Waals surface area contributed by atoms with Crippen LogP contribution in [0.25, 0.3) is 0 Å². The van der Waals surface area contributed by atoms with Gasteiger partial charge in [-0.3, -0.25) is 4.90 Å². The van der Waals surface area contributed by atoms with Crippen molar-refractivity contribution >= 4 is 6.29 Å². The fourth-order valence-corrected chi connectivity index (χ4v) is 4.79. The number of hydrogen-bond acceptors (Lipinski definition) is 3. The Balaban J connectivity index is 1.55. The molecule has 3 atom stereocenters. The van der Waals surface area contributed by atoms with Crippen molar-refractivity contribution in [2.75, 3.05) is 32.7 Å². The Bertz CT molecular complexity index is 340. The van der Waals surface area contributed by atoms with Crippen LogP contribution in [0.1, 0.15) is 51.9 Å². The normalized spacial score (nSPS) is 40.2. The predicted molar refractivity (Wildman–Crippen MR) is 81.8 cm³/mol. The Morgan fingerprint density at radius 1 is 1.15 bits per heavy atom. The molecule has 1 saturated carbocycles. The molecule has 0 amide bonds. The van der Waals surface area contributed by atoms with Gasteiger partial charge in [0.25, 0.3) is 0 Å². The standard InChI is InChI=1S/C17H30N2O/c1-15-5-4-7-17(11-15,14-20)13-18-10-6-16(12-18)19-8-2-3-9-19/h14-16H,2-13H2,1H3. The molecule has 3 unspecified atom stereocenters. The van der Waals surface area contributed by atoms with Gasteiger partial charge >= 0.3 is 0 Å². The Hall–Kier alpha value is -0.410. The fraction of sp³-hybridized carbons (Fsp3) is 0.941. The first kappa shape index (κ1) is 14.5. The second-order valence-electron chi connectivity index (χ2n) is 7.60. The molecule has 0 spiro atoms. The zero-order valence-electron chi connectivity index (χ0n) is 13.0. The average molecular weight is 278 g/mol. The molecule has 114 valence electrons. The maximum atomic E-state index is 11.7. The maximum Gasteiger partial charge on any atom is 0.127 e. The van der Waals surface area contributed by atoms with Gasteiger partial charge in [-0.25, -0.2) is 0 Å². The van der Waals surface area contributed by atoms with Gasteiger partial charge in [-0.05, 0) is 57.7 Å². The van der Waals surface area contributed by atoms with Crippen LogP contribution in [0.5, 0.6) is 0 Å². The van der Waals surface area contributed by atoms with E-state index in [-0.39, 0.29) is 5.41 Å². The number of likely N-dealkylation sites (tertiary alicyclic amines) is 2. The number of carbonyl (C=O) groups excluding carboxylic acids is 1. The first-order valence-corrected chi connectivity index (χ1v) is 8.63. The summed E-state index contributed by atoms with van der Waals surface area (Å²) in [5.74, 6) is 0.728. The molecular weight excluding hydrogens is 248 g/mol. The molecule has 0 aromatic carbocycles. The van der Waals surface area contributed by atoms with Gasteiger partial charge < -0.3 is 9.69 Å². The first-order chi connectivity index (χ1) is 9.71. The second-order valence-corrected chi connectivity index (χ2v) is 7.60. The average Bonchev–Trinajstić information content (AvgIpc) is 3.09. The van der Waals surface area contributed by atoms with Gasteiger partial charge in [0, 0.05) is 24.5 Å². The van der Waals surface area contributed by atoms with Gasteiger partial charge in [0.15, 0.2) is 0 Å². The van der Waals surface area contributed by atoms with E-state index < -0.39 is 0 Å². The summed E-state index contributed by atoms with van der Waals surface area (Å²) in [5.41, 5.74) is -0.0302. The van der Waals surface area contributed by atoms with Crippen LogP contribution < -0.4 is 0 Å². The molecule has 0 N–H and O–H groups in total. The molecule has 2 heterocycles. The molecule has 2 aliphatic heterocycles. The molecule has 0 aromatic rings. The summed E-state index contributed by atoms with van der Waals surface area (Å²) in [4.78, 5) is 17.0. The minimum absolute atomic E-state index is 0.0302. The van der Waals surface area contributed by atoms with Gasteiger partial charge in [-0.15, -0.1) is 0 Å². The molecule has 3 rings (SSSR count). The predicted octanol–water partition coefficient (Wildman–Crippen LogP) is 2.55. The highest BCUT2D eigenvalue weighted by molar-refractivity contribution is 5.60. The number of rotatable bonds is 4. The Labute approximate surface area is 123 Å². The van der Waals surface area contributed by atoms with Crippen LogP contribution in [0.15, 0.2) is 0 Å². The molecule has 3 heteroatoms. The van der Waals surface area contributed by atoms with E-state index in [0.29, 0.717) is 0 Å². The molecule has 3 fully saturated rings. The fourth-order valence-electron chi connectivity index (χ4n) is 4.79. The Morgan fingerprint density at radius 3 is 2.65 bits per heavy atom. The molecule has 3 nitrogen and oxygen atoms in total. The van der Waals surface area contributed by atoms with Gasteiger partial charge in [-0.2, -0.15) is 0 Å². The lowest BCUT2D eigenvalue weighted by atomic mass is 9.71. The number of carbonyl (C=O) groups is 1. The van der Waals surface area contributed by atoms with Crippen LogP contribution in [-0.2, 0) is 4.79 Å². The Kier molecular flexibility index (Phi) is 4.46. The van der Waals surface area contributed by atoms with Crippen LogP contribution in [-0.4, -0.2) is 54.9 Å². The Morgan fingerprint density at radius 2 is 1.95 bits per heavy atom. The molecule has 2 saturated heterocycles. The van der Waals surface area contributed by atoms with Crippen LogP contribution in [0, 0.1) is 11.3 Å². The largest absolute Gasteiger partial charge is 0.303 e. The SMILES string of the molecule is CC1CCCC(C=O)(CN2CCC(N3CCCC3)C2)C1. The van der Waals surface area contributed by atoms with E-state index in [1.54, 1.807) is 0 Å². The minimum atomic E-state index is -0.0302. The molecular formula is C17H30N2O. The van der Waals surface area contributed by atoms with E-state index in [1.165, 1.54) is 64.6 Å². The molecule has 1 aliphatic carbocycles. The molecule has 0 bridgehead atoms. The third kappa shape index (κ3) is 3.09. The molecule has 0 aromatic heterocycles. The highest BCUT2D eigenvalue weighted by Gasteiger charge is 2.39. The first-order valence-electron chi connectivity index (χ1n) is 8.63. The summed E-state index contributed by atoms with van der Waals surface area (Å²) in [6, 6.07) is 0.766. The second kappa shape index (κ2) is 6.15. The van der Waals surface area contributed by atoms with Crippen molar-refractivity contribution in [3.8, 4) is 0 Å². The van der Waals surface area contributed by atoms with Crippen molar-refractivity contribution in [3.63, 3.8) is 0 Å². The lowest BCUT2D eigenvalue weighted by molar-refractivity contribution is -0.119. The highest BCUT2D eigenvalue weighted by Crippen LogP contribution is 2.39. The van der Waals surface area contributed by atoms with E-state index in [1.807, 2.05) is 0 Å². The summed E-state index contributed by atoms with van der Waals surface area (Å²) >= 11 is 0.